The molecule has 0 amide bonds. The fraction of sp³-hybridized carbons (Fsp3) is 0.688. The van der Waals surface area contributed by atoms with Crippen LogP contribution in [-0.2, 0) is 18.2 Å². The molecule has 0 spiro atoms. The van der Waals surface area contributed by atoms with Crippen LogP contribution in [0.5, 0.6) is 0 Å². The van der Waals surface area contributed by atoms with Gasteiger partial charge in [-0.3, -0.25) is 4.68 Å². The highest BCUT2D eigenvalue weighted by atomic mass is 16.5. The predicted octanol–water partition coefficient (Wildman–Crippen LogP) is 2.70. The van der Waals surface area contributed by atoms with Gasteiger partial charge in [0.1, 0.15) is 0 Å². The van der Waals surface area contributed by atoms with E-state index in [-0.39, 0.29) is 17.4 Å². The third kappa shape index (κ3) is 3.06. The number of hydrogen-bond acceptors (Lipinski definition) is 5. The van der Waals surface area contributed by atoms with E-state index >= 15 is 0 Å². The van der Waals surface area contributed by atoms with Crippen molar-refractivity contribution < 1.29 is 9.15 Å². The minimum absolute atomic E-state index is 0.0573. The second-order valence-electron chi connectivity index (χ2n) is 7.06. The van der Waals surface area contributed by atoms with Gasteiger partial charge >= 0.3 is 0 Å². The summed E-state index contributed by atoms with van der Waals surface area (Å²) in [4.78, 5) is 0. The average molecular weight is 304 g/mol. The maximum atomic E-state index is 6.00. The number of hydrogen-bond donors (Lipinski definition) is 0. The Balaban J connectivity index is 1.78. The lowest BCUT2D eigenvalue weighted by Gasteiger charge is -2.38. The maximum Gasteiger partial charge on any atom is 0.222 e. The first-order chi connectivity index (χ1) is 10.4. The van der Waals surface area contributed by atoms with E-state index in [1.54, 1.807) is 6.20 Å². The lowest BCUT2D eigenvalue weighted by Crippen LogP contribution is -2.38. The van der Waals surface area contributed by atoms with Crippen molar-refractivity contribution in [3.8, 4) is 0 Å². The van der Waals surface area contributed by atoms with Gasteiger partial charge in [-0.25, -0.2) is 0 Å². The van der Waals surface area contributed by atoms with Gasteiger partial charge < -0.3 is 9.15 Å². The van der Waals surface area contributed by atoms with E-state index in [2.05, 4.69) is 36.1 Å². The number of aromatic nitrogens is 4. The summed E-state index contributed by atoms with van der Waals surface area (Å²) in [5.41, 5.74) is 1.12. The molecule has 2 atom stereocenters. The molecular formula is C16H24N4O2. The van der Waals surface area contributed by atoms with Crippen LogP contribution in [0.2, 0.25) is 0 Å². The topological polar surface area (TPSA) is 66.0 Å². The maximum absolute atomic E-state index is 6.00. The van der Waals surface area contributed by atoms with E-state index in [1.165, 1.54) is 0 Å². The van der Waals surface area contributed by atoms with E-state index in [1.807, 2.05) is 17.8 Å². The lowest BCUT2D eigenvalue weighted by molar-refractivity contribution is -0.0678. The zero-order valence-corrected chi connectivity index (χ0v) is 13.7. The summed E-state index contributed by atoms with van der Waals surface area (Å²) in [7, 11) is 1.91. The Kier molecular flexibility index (Phi) is 4.04. The van der Waals surface area contributed by atoms with Gasteiger partial charge in [-0.15, -0.1) is 10.2 Å². The summed E-state index contributed by atoms with van der Waals surface area (Å²) in [6, 6.07) is 1.96. The van der Waals surface area contributed by atoms with Crippen LogP contribution in [0.1, 0.15) is 57.0 Å². The average Bonchev–Trinajstić information content (AvgIpc) is 3.09. The van der Waals surface area contributed by atoms with Crippen molar-refractivity contribution in [3.63, 3.8) is 0 Å². The second-order valence-corrected chi connectivity index (χ2v) is 7.06. The molecule has 0 aromatic carbocycles. The van der Waals surface area contributed by atoms with Crippen LogP contribution >= 0.6 is 0 Å². The van der Waals surface area contributed by atoms with Gasteiger partial charge in [-0.2, -0.15) is 5.10 Å². The predicted molar refractivity (Wildman–Crippen MR) is 81.5 cm³/mol. The van der Waals surface area contributed by atoms with E-state index in [9.17, 15) is 0 Å². The van der Waals surface area contributed by atoms with Gasteiger partial charge in [-0.1, -0.05) is 20.8 Å². The Bertz CT molecular complexity index is 626. The number of nitrogens with zero attached hydrogens (tertiary/aromatic N) is 4. The Morgan fingerprint density at radius 1 is 1.32 bits per heavy atom. The smallest absolute Gasteiger partial charge is 0.222 e. The molecule has 0 saturated carbocycles. The van der Waals surface area contributed by atoms with Gasteiger partial charge in [0, 0.05) is 25.5 Å². The molecule has 1 fully saturated rings. The van der Waals surface area contributed by atoms with Crippen LogP contribution in [-0.4, -0.2) is 32.7 Å². The standard InChI is InChI=1S/C16H24N4O2/c1-16(2,3)14-12(6-5-9-21-14)15-19-18-13(22-15)10-11-7-8-17-20(11)4/h7-8,12,14H,5-6,9-10H2,1-4H3/t12-,14-/m1/s1. The van der Waals surface area contributed by atoms with Crippen molar-refractivity contribution in [2.45, 2.75) is 52.1 Å². The fourth-order valence-corrected chi connectivity index (χ4v) is 3.11. The van der Waals surface area contributed by atoms with Crippen LogP contribution < -0.4 is 0 Å². The molecule has 6 nitrogen and oxygen atoms in total. The molecule has 1 aliphatic heterocycles. The molecule has 0 aliphatic carbocycles. The monoisotopic (exact) mass is 304 g/mol. The molecule has 1 aliphatic rings. The molecule has 3 rings (SSSR count). The minimum atomic E-state index is 0.0573. The van der Waals surface area contributed by atoms with Crippen LogP contribution in [0.25, 0.3) is 0 Å². The quantitative estimate of drug-likeness (QED) is 0.872. The summed E-state index contributed by atoms with van der Waals surface area (Å²) in [5, 5.41) is 12.7. The molecule has 2 aromatic rings. The molecule has 22 heavy (non-hydrogen) atoms. The molecule has 2 aromatic heterocycles. The minimum Gasteiger partial charge on any atom is -0.424 e. The van der Waals surface area contributed by atoms with Gasteiger partial charge in [0.15, 0.2) is 0 Å². The van der Waals surface area contributed by atoms with E-state index in [0.717, 1.165) is 25.1 Å². The van der Waals surface area contributed by atoms with Gasteiger partial charge in [-0.05, 0) is 24.3 Å². The van der Waals surface area contributed by atoms with Crippen molar-refractivity contribution in [1.82, 2.24) is 20.0 Å². The normalized spacial score (nSPS) is 22.9. The Labute approximate surface area is 130 Å². The Hall–Kier alpha value is -1.69. The molecule has 0 radical (unpaired) electrons. The first-order valence-electron chi connectivity index (χ1n) is 7.86. The molecule has 3 heterocycles. The molecule has 6 heteroatoms. The largest absolute Gasteiger partial charge is 0.424 e. The molecule has 0 unspecified atom stereocenters. The summed E-state index contributed by atoms with van der Waals surface area (Å²) >= 11 is 0. The zero-order valence-electron chi connectivity index (χ0n) is 13.7. The zero-order chi connectivity index (χ0) is 15.7. The molecule has 0 bridgehead atoms. The third-order valence-corrected chi connectivity index (χ3v) is 4.23. The highest BCUT2D eigenvalue weighted by Crippen LogP contribution is 2.39. The van der Waals surface area contributed by atoms with Crippen molar-refractivity contribution in [2.75, 3.05) is 6.61 Å². The summed E-state index contributed by atoms with van der Waals surface area (Å²) in [5.74, 6) is 1.52. The summed E-state index contributed by atoms with van der Waals surface area (Å²) in [6.45, 7) is 7.41. The van der Waals surface area contributed by atoms with Crippen molar-refractivity contribution >= 4 is 0 Å². The van der Waals surface area contributed by atoms with Crippen LogP contribution in [0.4, 0.5) is 0 Å². The van der Waals surface area contributed by atoms with Crippen LogP contribution in [0.3, 0.4) is 0 Å². The molecular weight excluding hydrogens is 280 g/mol. The van der Waals surface area contributed by atoms with E-state index in [4.69, 9.17) is 9.15 Å². The van der Waals surface area contributed by atoms with Crippen molar-refractivity contribution in [1.29, 1.82) is 0 Å². The fourth-order valence-electron chi connectivity index (χ4n) is 3.11. The lowest BCUT2D eigenvalue weighted by atomic mass is 9.78. The van der Waals surface area contributed by atoms with Gasteiger partial charge in [0.05, 0.1) is 18.4 Å². The first-order valence-corrected chi connectivity index (χ1v) is 7.86. The van der Waals surface area contributed by atoms with Gasteiger partial charge in [0.25, 0.3) is 0 Å². The van der Waals surface area contributed by atoms with Crippen LogP contribution in [0, 0.1) is 5.41 Å². The number of aryl methyl sites for hydroxylation is 1. The highest BCUT2D eigenvalue weighted by molar-refractivity contribution is 5.07. The van der Waals surface area contributed by atoms with Crippen molar-refractivity contribution in [2.24, 2.45) is 12.5 Å². The molecule has 1 saturated heterocycles. The van der Waals surface area contributed by atoms with E-state index in [0.29, 0.717) is 18.2 Å². The van der Waals surface area contributed by atoms with Crippen LogP contribution in [0.15, 0.2) is 16.7 Å². The molecule has 120 valence electrons. The SMILES string of the molecule is Cn1nccc1Cc1nnc([C@@H]2CCCO[C@H]2C(C)(C)C)o1. The second kappa shape index (κ2) is 5.83. The first kappa shape index (κ1) is 15.2. The third-order valence-electron chi connectivity index (χ3n) is 4.23. The summed E-state index contributed by atoms with van der Waals surface area (Å²) in [6.07, 6.45) is 4.58. The Morgan fingerprint density at radius 2 is 2.14 bits per heavy atom. The number of ether oxygens (including phenoxy) is 1. The highest BCUT2D eigenvalue weighted by Gasteiger charge is 2.39. The Morgan fingerprint density at radius 3 is 2.82 bits per heavy atom. The number of rotatable bonds is 3. The van der Waals surface area contributed by atoms with Gasteiger partial charge in [0.2, 0.25) is 11.8 Å². The van der Waals surface area contributed by atoms with E-state index < -0.39 is 0 Å². The molecule has 0 N–H and O–H groups in total. The summed E-state index contributed by atoms with van der Waals surface area (Å²) < 4.78 is 13.8. The van der Waals surface area contributed by atoms with Crippen molar-refractivity contribution in [3.05, 3.63) is 29.7 Å².